The maximum Gasteiger partial charge on any atom is 0.256 e. The van der Waals surface area contributed by atoms with Crippen molar-refractivity contribution in [2.75, 3.05) is 12.9 Å². The zero-order chi connectivity index (χ0) is 13.7. The van der Waals surface area contributed by atoms with Crippen molar-refractivity contribution in [3.05, 3.63) is 17.7 Å². The molecule has 0 aromatic carbocycles. The maximum atomic E-state index is 5.52. The number of hydrogen-bond donors (Lipinski definition) is 0. The van der Waals surface area contributed by atoms with Crippen LogP contribution >= 0.6 is 11.9 Å². The second-order valence-corrected chi connectivity index (χ2v) is 4.86. The summed E-state index contributed by atoms with van der Waals surface area (Å²) < 4.78 is 9.86. The van der Waals surface area contributed by atoms with Crippen LogP contribution in [0.1, 0.15) is 32.2 Å². The minimum Gasteiger partial charge on any atom is -0.476 e. The highest BCUT2D eigenvalue weighted by atomic mass is 32.2. The van der Waals surface area contributed by atoms with E-state index in [1.807, 2.05) is 13.8 Å². The van der Waals surface area contributed by atoms with Gasteiger partial charge in [-0.1, -0.05) is 13.8 Å². The molecular weight excluding hydrogens is 246 g/mol. The minimum atomic E-state index is 0.305. The molecule has 18 heavy (non-hydrogen) atoms. The number of ether oxygens (including phenoxy) is 1. The Bertz CT molecular complexity index is 426. The molecular formula is C13H24N3OS+. The number of imidazole rings is 1. The Morgan fingerprint density at radius 2 is 2.17 bits per heavy atom. The van der Waals surface area contributed by atoms with Crippen LogP contribution in [0.5, 0.6) is 0 Å². The molecule has 1 aromatic heterocycles. The van der Waals surface area contributed by atoms with Crippen LogP contribution in [0, 0.1) is 13.8 Å². The quantitative estimate of drug-likeness (QED) is 0.789. The van der Waals surface area contributed by atoms with Crippen LogP contribution in [-0.4, -0.2) is 28.8 Å². The average molecular weight is 270 g/mol. The lowest BCUT2D eigenvalue weighted by Crippen LogP contribution is -2.39. The van der Waals surface area contributed by atoms with Gasteiger partial charge in [-0.3, -0.25) is 0 Å². The van der Waals surface area contributed by atoms with Gasteiger partial charge in [-0.25, -0.2) is 9.56 Å². The molecule has 0 bridgehead atoms. The summed E-state index contributed by atoms with van der Waals surface area (Å²) >= 11 is 1.70. The van der Waals surface area contributed by atoms with Gasteiger partial charge in [0.25, 0.3) is 6.33 Å². The van der Waals surface area contributed by atoms with Gasteiger partial charge in [0, 0.05) is 20.1 Å². The van der Waals surface area contributed by atoms with Gasteiger partial charge in [-0.15, -0.1) is 0 Å². The monoisotopic (exact) mass is 270 g/mol. The van der Waals surface area contributed by atoms with E-state index in [1.165, 1.54) is 11.4 Å². The summed E-state index contributed by atoms with van der Waals surface area (Å²) in [5.41, 5.74) is 2.54. The molecule has 5 heteroatoms. The van der Waals surface area contributed by atoms with Crippen molar-refractivity contribution >= 4 is 17.8 Å². The molecule has 0 aliphatic carbocycles. The van der Waals surface area contributed by atoms with Crippen LogP contribution in [-0.2, 0) is 11.3 Å². The first-order valence-corrected chi connectivity index (χ1v) is 7.62. The van der Waals surface area contributed by atoms with Crippen LogP contribution in [0.25, 0.3) is 0 Å². The highest BCUT2D eigenvalue weighted by Gasteiger charge is 2.21. The van der Waals surface area contributed by atoms with Crippen LogP contribution in [0.15, 0.2) is 11.3 Å². The summed E-state index contributed by atoms with van der Waals surface area (Å²) in [5, 5.41) is 0. The summed E-state index contributed by atoms with van der Waals surface area (Å²) in [6.45, 7) is 11.8. The summed E-state index contributed by atoms with van der Waals surface area (Å²) in [4.78, 5) is 4.45. The number of hydrogen-bond acceptors (Lipinski definition) is 3. The third kappa shape index (κ3) is 3.28. The van der Waals surface area contributed by atoms with E-state index in [4.69, 9.17) is 4.74 Å². The molecule has 0 N–H and O–H groups in total. The molecule has 0 radical (unpaired) electrons. The van der Waals surface area contributed by atoms with Gasteiger partial charge < -0.3 is 4.74 Å². The first kappa shape index (κ1) is 15.1. The molecule has 0 spiro atoms. The van der Waals surface area contributed by atoms with Gasteiger partial charge in [0.1, 0.15) is 12.3 Å². The largest absolute Gasteiger partial charge is 0.476 e. The molecule has 0 fully saturated rings. The normalized spacial score (nSPS) is 17.9. The fraction of sp³-hybridized carbons (Fsp3) is 0.692. The molecule has 0 unspecified atom stereocenters. The van der Waals surface area contributed by atoms with Gasteiger partial charge in [-0.2, -0.15) is 3.97 Å². The van der Waals surface area contributed by atoms with E-state index < -0.39 is 0 Å². The fourth-order valence-corrected chi connectivity index (χ4v) is 2.39. The number of aromatic nitrogens is 2. The Hall–Kier alpha value is -0.970. The Labute approximate surface area is 114 Å². The summed E-state index contributed by atoms with van der Waals surface area (Å²) in [7, 11) is 0. The Morgan fingerprint density at radius 3 is 2.61 bits per heavy atom. The van der Waals surface area contributed by atoms with E-state index in [2.05, 4.69) is 46.9 Å². The molecule has 1 aliphatic rings. The van der Waals surface area contributed by atoms with Gasteiger partial charge in [0.05, 0.1) is 18.0 Å². The van der Waals surface area contributed by atoms with Gasteiger partial charge in [0.15, 0.2) is 12.2 Å². The number of rotatable bonds is 3. The maximum absolute atomic E-state index is 5.52. The van der Waals surface area contributed by atoms with E-state index in [-0.39, 0.29) is 0 Å². The molecule has 102 valence electrons. The second-order valence-electron chi connectivity index (χ2n) is 4.11. The Kier molecular flexibility index (Phi) is 5.72. The lowest BCUT2D eigenvalue weighted by molar-refractivity contribution is -0.688. The highest BCUT2D eigenvalue weighted by Crippen LogP contribution is 2.10. The van der Waals surface area contributed by atoms with Crippen molar-refractivity contribution in [1.29, 1.82) is 0 Å². The Morgan fingerprint density at radius 1 is 1.50 bits per heavy atom. The van der Waals surface area contributed by atoms with Crippen LogP contribution in [0.2, 0.25) is 0 Å². The first-order valence-electron chi connectivity index (χ1n) is 6.43. The summed E-state index contributed by atoms with van der Waals surface area (Å²) in [5.74, 6) is 0.846. The molecule has 0 saturated carbocycles. The smallest absolute Gasteiger partial charge is 0.256 e. The van der Waals surface area contributed by atoms with Crippen molar-refractivity contribution in [3.63, 3.8) is 0 Å². The number of nitrogens with zero attached hydrogens (tertiary/aromatic N) is 3. The standard InChI is InChI=1S/C11H18N3OS.C2H6/c1-8-6-15-11(12-8)5-13-7-14(16-4)10(3)9(13)2;1-2/h7-8H,5-6H2,1-4H3;1-2H3/q+1;/t8-;/m0./s1. The number of aliphatic imine (C=N–C) groups is 1. The van der Waals surface area contributed by atoms with Crippen molar-refractivity contribution in [3.8, 4) is 0 Å². The highest BCUT2D eigenvalue weighted by molar-refractivity contribution is 7.97. The molecule has 2 heterocycles. The first-order chi connectivity index (χ1) is 8.61. The van der Waals surface area contributed by atoms with E-state index in [1.54, 1.807) is 11.9 Å². The average Bonchev–Trinajstić information content (AvgIpc) is 2.91. The van der Waals surface area contributed by atoms with E-state index in [9.17, 15) is 0 Å². The van der Waals surface area contributed by atoms with Crippen molar-refractivity contribution in [2.45, 2.75) is 47.2 Å². The van der Waals surface area contributed by atoms with Crippen molar-refractivity contribution < 1.29 is 9.30 Å². The molecule has 0 saturated heterocycles. The van der Waals surface area contributed by atoms with Crippen molar-refractivity contribution in [2.24, 2.45) is 4.99 Å². The lowest BCUT2D eigenvalue weighted by atomic mass is 10.4. The second kappa shape index (κ2) is 6.83. The van der Waals surface area contributed by atoms with Crippen molar-refractivity contribution in [1.82, 2.24) is 3.97 Å². The summed E-state index contributed by atoms with van der Waals surface area (Å²) in [6.07, 6.45) is 4.17. The molecule has 1 aromatic rings. The molecule has 1 aliphatic heterocycles. The van der Waals surface area contributed by atoms with E-state index in [0.29, 0.717) is 6.04 Å². The lowest BCUT2D eigenvalue weighted by Gasteiger charge is -1.98. The third-order valence-corrected chi connectivity index (χ3v) is 3.65. The molecule has 1 atom stereocenters. The van der Waals surface area contributed by atoms with Crippen LogP contribution < -0.4 is 4.57 Å². The van der Waals surface area contributed by atoms with Crippen LogP contribution in [0.4, 0.5) is 0 Å². The third-order valence-electron chi connectivity index (χ3n) is 2.89. The van der Waals surface area contributed by atoms with E-state index in [0.717, 1.165) is 19.0 Å². The van der Waals surface area contributed by atoms with Gasteiger partial charge >= 0.3 is 0 Å². The topological polar surface area (TPSA) is 30.4 Å². The van der Waals surface area contributed by atoms with E-state index >= 15 is 0 Å². The summed E-state index contributed by atoms with van der Waals surface area (Å²) in [6, 6.07) is 0.305. The fourth-order valence-electron chi connectivity index (χ4n) is 1.78. The molecule has 0 amide bonds. The minimum absolute atomic E-state index is 0.305. The predicted octanol–water partition coefficient (Wildman–Crippen LogP) is 2.36. The SMILES string of the molecule is CC.CSn1c[n+](CC2=N[C@@H](C)CO2)c(C)c1C. The zero-order valence-corrected chi connectivity index (χ0v) is 13.0. The zero-order valence-electron chi connectivity index (χ0n) is 12.2. The Balaban J connectivity index is 0.000000771. The van der Waals surface area contributed by atoms with Gasteiger partial charge in [-0.05, 0) is 6.92 Å². The molecule has 4 nitrogen and oxygen atoms in total. The molecule has 2 rings (SSSR count). The predicted molar refractivity (Wildman–Crippen MR) is 77.2 cm³/mol. The van der Waals surface area contributed by atoms with Crippen LogP contribution in [0.3, 0.4) is 0 Å². The van der Waals surface area contributed by atoms with Gasteiger partial charge in [0.2, 0.25) is 5.90 Å².